The topological polar surface area (TPSA) is 63.8 Å². The minimum absolute atomic E-state index is 0.0440. The zero-order valence-electron chi connectivity index (χ0n) is 21.2. The maximum absolute atomic E-state index is 13.8. The second-order valence-corrected chi connectivity index (χ2v) is 11.3. The Labute approximate surface area is 215 Å². The van der Waals surface area contributed by atoms with E-state index in [0.29, 0.717) is 32.2 Å². The minimum Gasteiger partial charge on any atom is -0.481 e. The number of aromatic nitrogens is 1. The van der Waals surface area contributed by atoms with Gasteiger partial charge in [0.2, 0.25) is 5.92 Å². The van der Waals surface area contributed by atoms with Gasteiger partial charge in [-0.2, -0.15) is 0 Å². The number of carboxylic acids is 1. The molecule has 2 heterocycles. The molecular formula is C30H32F2N2O3. The average Bonchev–Trinajstić information content (AvgIpc) is 3.53. The molecule has 0 spiro atoms. The highest BCUT2D eigenvalue weighted by atomic mass is 19.3. The lowest BCUT2D eigenvalue weighted by molar-refractivity contribution is -0.140. The van der Waals surface area contributed by atoms with Crippen molar-refractivity contribution < 1.29 is 23.5 Å². The van der Waals surface area contributed by atoms with Gasteiger partial charge in [-0.1, -0.05) is 41.6 Å². The third-order valence-electron chi connectivity index (χ3n) is 8.75. The summed E-state index contributed by atoms with van der Waals surface area (Å²) in [4.78, 5) is 17.3. The molecule has 0 saturated heterocycles. The number of carboxylic acid groups (broad SMARTS) is 1. The van der Waals surface area contributed by atoms with E-state index in [4.69, 9.17) is 4.84 Å². The minimum atomic E-state index is -2.54. The highest BCUT2D eigenvalue weighted by Crippen LogP contribution is 2.49. The Morgan fingerprint density at radius 1 is 1.11 bits per heavy atom. The number of aliphatic carboxylic acids is 1. The van der Waals surface area contributed by atoms with Gasteiger partial charge < -0.3 is 14.5 Å². The van der Waals surface area contributed by atoms with Crippen molar-refractivity contribution in [2.24, 2.45) is 11.1 Å². The molecule has 5 nitrogen and oxygen atoms in total. The highest BCUT2D eigenvalue weighted by molar-refractivity contribution is 5.98. The number of hydrogen-bond donors (Lipinski definition) is 1. The second kappa shape index (κ2) is 8.67. The number of hydrogen-bond acceptors (Lipinski definition) is 3. The van der Waals surface area contributed by atoms with Crippen LogP contribution in [0.1, 0.15) is 69.4 Å². The molecule has 1 aliphatic heterocycles. The Morgan fingerprint density at radius 2 is 1.81 bits per heavy atom. The smallest absolute Gasteiger partial charge is 0.314 e. The van der Waals surface area contributed by atoms with E-state index in [9.17, 15) is 18.7 Å². The summed E-state index contributed by atoms with van der Waals surface area (Å²) < 4.78 is 29.8. The zero-order chi connectivity index (χ0) is 25.9. The average molecular weight is 507 g/mol. The van der Waals surface area contributed by atoms with Gasteiger partial charge >= 0.3 is 5.97 Å². The molecule has 37 heavy (non-hydrogen) atoms. The van der Waals surface area contributed by atoms with Gasteiger partial charge in [0, 0.05) is 42.0 Å². The van der Waals surface area contributed by atoms with Crippen molar-refractivity contribution in [3.05, 3.63) is 59.8 Å². The molecular weight excluding hydrogens is 474 g/mol. The van der Waals surface area contributed by atoms with Gasteiger partial charge in [0.1, 0.15) is 6.10 Å². The molecule has 2 unspecified atom stereocenters. The normalized spacial score (nSPS) is 24.6. The predicted molar refractivity (Wildman–Crippen MR) is 139 cm³/mol. The van der Waals surface area contributed by atoms with Crippen LogP contribution in [0.5, 0.6) is 0 Å². The molecule has 1 N–H and O–H groups in total. The van der Waals surface area contributed by atoms with Crippen molar-refractivity contribution in [1.82, 2.24) is 4.57 Å². The van der Waals surface area contributed by atoms with E-state index >= 15 is 0 Å². The zero-order valence-corrected chi connectivity index (χ0v) is 21.2. The van der Waals surface area contributed by atoms with Gasteiger partial charge in [0.05, 0.1) is 17.0 Å². The summed E-state index contributed by atoms with van der Waals surface area (Å²) in [6.45, 7) is 4.70. The summed E-state index contributed by atoms with van der Waals surface area (Å²) in [6.07, 6.45) is 4.39. The van der Waals surface area contributed by atoms with Crippen LogP contribution in [-0.4, -0.2) is 33.4 Å². The number of halogens is 2. The van der Waals surface area contributed by atoms with E-state index in [1.165, 1.54) is 0 Å². The first-order chi connectivity index (χ1) is 17.7. The fourth-order valence-corrected chi connectivity index (χ4v) is 6.30. The van der Waals surface area contributed by atoms with Crippen molar-refractivity contribution in [3.63, 3.8) is 0 Å². The molecule has 3 aromatic rings. The number of alkyl halides is 2. The largest absolute Gasteiger partial charge is 0.481 e. The lowest BCUT2D eigenvalue weighted by atomic mass is 9.86. The summed E-state index contributed by atoms with van der Waals surface area (Å²) in [6, 6.07) is 14.4. The lowest BCUT2D eigenvalue weighted by Gasteiger charge is -2.28. The quantitative estimate of drug-likeness (QED) is 0.387. The molecule has 2 aromatic carbocycles. The molecule has 0 radical (unpaired) electrons. The monoisotopic (exact) mass is 506 g/mol. The van der Waals surface area contributed by atoms with E-state index < -0.39 is 17.3 Å². The van der Waals surface area contributed by atoms with Crippen molar-refractivity contribution >= 4 is 22.6 Å². The van der Waals surface area contributed by atoms with E-state index in [0.717, 1.165) is 38.9 Å². The standard InChI is InChI=1S/C30H32F2N2O3/c1-18-27(19(2)37-33-18)22-5-8-24-25(21-3-6-23(7-4-21)29(13-14-29)28(35)36)17-34(26(24)15-22)16-20-9-11-30(31,32)12-10-20/h3-8,15,17,19-20,27H,9-14,16H2,1-2H3,(H,35,36). The van der Waals surface area contributed by atoms with Crippen molar-refractivity contribution in [1.29, 1.82) is 0 Å². The van der Waals surface area contributed by atoms with Crippen molar-refractivity contribution in [2.45, 2.75) is 82.3 Å². The number of oxime groups is 1. The maximum Gasteiger partial charge on any atom is 0.314 e. The second-order valence-electron chi connectivity index (χ2n) is 11.3. The Bertz CT molecular complexity index is 1380. The summed E-state index contributed by atoms with van der Waals surface area (Å²) in [5.41, 5.74) is 5.36. The Balaban J connectivity index is 1.38. The van der Waals surface area contributed by atoms with Gasteiger partial charge in [-0.05, 0) is 68.2 Å². The van der Waals surface area contributed by atoms with Crippen LogP contribution in [-0.2, 0) is 21.6 Å². The molecule has 0 bridgehead atoms. The molecule has 2 fully saturated rings. The van der Waals surface area contributed by atoms with Gasteiger partial charge in [0.15, 0.2) is 0 Å². The van der Waals surface area contributed by atoms with Crippen LogP contribution >= 0.6 is 0 Å². The molecule has 0 amide bonds. The first-order valence-electron chi connectivity index (χ1n) is 13.2. The summed E-state index contributed by atoms with van der Waals surface area (Å²) >= 11 is 0. The van der Waals surface area contributed by atoms with Crippen LogP contribution in [0, 0.1) is 5.92 Å². The van der Waals surface area contributed by atoms with Crippen LogP contribution in [0.3, 0.4) is 0 Å². The maximum atomic E-state index is 13.8. The fourth-order valence-electron chi connectivity index (χ4n) is 6.30. The summed E-state index contributed by atoms with van der Waals surface area (Å²) in [5, 5.41) is 14.9. The van der Waals surface area contributed by atoms with Crippen LogP contribution in [0.25, 0.3) is 22.0 Å². The third-order valence-corrected chi connectivity index (χ3v) is 8.75. The number of carbonyl (C=O) groups is 1. The van der Waals surface area contributed by atoms with Gasteiger partial charge in [0.25, 0.3) is 0 Å². The molecule has 3 aliphatic rings. The summed E-state index contributed by atoms with van der Waals surface area (Å²) in [7, 11) is 0. The SMILES string of the molecule is CC1=NOC(C)C1c1ccc2c(-c3ccc(C4(C(=O)O)CC4)cc3)cn(CC3CCC(F)(F)CC3)c2c1. The molecule has 1 aromatic heterocycles. The highest BCUT2D eigenvalue weighted by Gasteiger charge is 2.51. The first kappa shape index (κ1) is 24.1. The van der Waals surface area contributed by atoms with E-state index in [1.807, 2.05) is 38.1 Å². The van der Waals surface area contributed by atoms with Crippen LogP contribution in [0.15, 0.2) is 53.8 Å². The molecule has 194 valence electrons. The van der Waals surface area contributed by atoms with E-state index in [1.54, 1.807) is 0 Å². The van der Waals surface area contributed by atoms with E-state index in [-0.39, 0.29) is 30.8 Å². The van der Waals surface area contributed by atoms with Gasteiger partial charge in [-0.15, -0.1) is 0 Å². The number of benzene rings is 2. The van der Waals surface area contributed by atoms with Crippen LogP contribution in [0.2, 0.25) is 0 Å². The van der Waals surface area contributed by atoms with Crippen molar-refractivity contribution in [2.75, 3.05) is 0 Å². The number of nitrogens with zero attached hydrogens (tertiary/aromatic N) is 2. The molecule has 7 heteroatoms. The van der Waals surface area contributed by atoms with E-state index in [2.05, 4.69) is 34.1 Å². The van der Waals surface area contributed by atoms with Crippen LogP contribution in [0.4, 0.5) is 8.78 Å². The van der Waals surface area contributed by atoms with Gasteiger partial charge in [-0.25, -0.2) is 8.78 Å². The Morgan fingerprint density at radius 3 is 2.41 bits per heavy atom. The summed E-state index contributed by atoms with van der Waals surface area (Å²) in [5.74, 6) is -3.02. The fraction of sp³-hybridized carbons (Fsp3) is 0.467. The van der Waals surface area contributed by atoms with Crippen LogP contribution < -0.4 is 0 Å². The molecule has 2 atom stereocenters. The predicted octanol–water partition coefficient (Wildman–Crippen LogP) is 7.13. The first-order valence-corrected chi connectivity index (χ1v) is 13.2. The van der Waals surface area contributed by atoms with Gasteiger partial charge in [-0.3, -0.25) is 4.79 Å². The molecule has 2 aliphatic carbocycles. The number of fused-ring (bicyclic) bond motifs is 1. The Kier molecular flexibility index (Phi) is 5.66. The molecule has 2 saturated carbocycles. The lowest BCUT2D eigenvalue weighted by Crippen LogP contribution is -2.26. The third kappa shape index (κ3) is 4.22. The number of rotatable bonds is 6. The van der Waals surface area contributed by atoms with Crippen molar-refractivity contribution in [3.8, 4) is 11.1 Å². The Hall–Kier alpha value is -3.22. The molecule has 6 rings (SSSR count).